The van der Waals surface area contributed by atoms with E-state index in [0.717, 1.165) is 0 Å². The van der Waals surface area contributed by atoms with Crippen molar-refractivity contribution >= 4 is 34.6 Å². The van der Waals surface area contributed by atoms with Gasteiger partial charge in [0.05, 0.1) is 4.92 Å². The topological polar surface area (TPSA) is 98.3 Å². The summed E-state index contributed by atoms with van der Waals surface area (Å²) in [7, 11) is 0. The fourth-order valence-electron chi connectivity index (χ4n) is 1.60. The highest BCUT2D eigenvalue weighted by atomic mass is 35.5. The van der Waals surface area contributed by atoms with Crippen LogP contribution in [0.2, 0.25) is 5.02 Å². The Morgan fingerprint density at radius 2 is 1.85 bits per heavy atom. The van der Waals surface area contributed by atoms with Crippen molar-refractivity contribution in [2.75, 3.05) is 11.1 Å². The zero-order chi connectivity index (χ0) is 14.7. The Balaban J connectivity index is 2.19. The Morgan fingerprint density at radius 1 is 1.20 bits per heavy atom. The van der Waals surface area contributed by atoms with E-state index in [1.54, 1.807) is 24.3 Å². The highest BCUT2D eigenvalue weighted by Crippen LogP contribution is 2.22. The normalized spacial score (nSPS) is 10.1. The molecule has 0 fully saturated rings. The van der Waals surface area contributed by atoms with E-state index in [2.05, 4.69) is 5.32 Å². The van der Waals surface area contributed by atoms with Gasteiger partial charge in [0.1, 0.15) is 5.69 Å². The van der Waals surface area contributed by atoms with Gasteiger partial charge in [0.2, 0.25) is 0 Å². The summed E-state index contributed by atoms with van der Waals surface area (Å²) in [5.41, 5.74) is 6.05. The summed E-state index contributed by atoms with van der Waals surface area (Å²) in [5.74, 6) is -0.408. The molecule has 0 aliphatic carbocycles. The predicted molar refractivity (Wildman–Crippen MR) is 76.9 cm³/mol. The lowest BCUT2D eigenvalue weighted by Crippen LogP contribution is -2.12. The van der Waals surface area contributed by atoms with Crippen molar-refractivity contribution < 1.29 is 9.72 Å². The molecular weight excluding hydrogens is 282 g/mol. The number of nitrogen functional groups attached to an aromatic ring is 1. The third-order valence-electron chi connectivity index (χ3n) is 2.59. The summed E-state index contributed by atoms with van der Waals surface area (Å²) in [5, 5.41) is 13.8. The number of hydrogen-bond donors (Lipinski definition) is 2. The highest BCUT2D eigenvalue weighted by molar-refractivity contribution is 6.30. The summed E-state index contributed by atoms with van der Waals surface area (Å²) in [6.45, 7) is 0. The van der Waals surface area contributed by atoms with E-state index in [0.29, 0.717) is 10.7 Å². The molecule has 0 unspecified atom stereocenters. The molecule has 7 heteroatoms. The zero-order valence-electron chi connectivity index (χ0n) is 10.2. The number of hydrogen-bond acceptors (Lipinski definition) is 4. The maximum atomic E-state index is 12.0. The van der Waals surface area contributed by atoms with Gasteiger partial charge in [-0.15, -0.1) is 0 Å². The first kappa shape index (κ1) is 13.8. The van der Waals surface area contributed by atoms with Crippen LogP contribution in [0.25, 0.3) is 0 Å². The van der Waals surface area contributed by atoms with Crippen molar-refractivity contribution in [2.24, 2.45) is 0 Å². The van der Waals surface area contributed by atoms with Crippen molar-refractivity contribution in [3.63, 3.8) is 0 Å². The van der Waals surface area contributed by atoms with Gasteiger partial charge in [-0.1, -0.05) is 11.6 Å². The van der Waals surface area contributed by atoms with Crippen molar-refractivity contribution in [1.29, 1.82) is 0 Å². The fraction of sp³-hybridized carbons (Fsp3) is 0. The molecule has 20 heavy (non-hydrogen) atoms. The monoisotopic (exact) mass is 291 g/mol. The Labute approximate surface area is 119 Å². The molecule has 0 spiro atoms. The van der Waals surface area contributed by atoms with Crippen molar-refractivity contribution in [3.05, 3.63) is 63.2 Å². The molecule has 102 valence electrons. The van der Waals surface area contributed by atoms with E-state index >= 15 is 0 Å². The molecule has 0 saturated carbocycles. The number of nitrogens with zero attached hydrogens (tertiary/aromatic N) is 1. The van der Waals surface area contributed by atoms with Crippen molar-refractivity contribution in [2.45, 2.75) is 0 Å². The van der Waals surface area contributed by atoms with Crippen molar-refractivity contribution in [3.8, 4) is 0 Å². The number of carbonyl (C=O) groups excluding carboxylic acids is 1. The molecule has 2 rings (SSSR count). The maximum absolute atomic E-state index is 12.0. The highest BCUT2D eigenvalue weighted by Gasteiger charge is 2.14. The van der Waals surface area contributed by atoms with E-state index in [4.69, 9.17) is 17.3 Å². The first-order valence-electron chi connectivity index (χ1n) is 5.58. The molecule has 0 bridgehead atoms. The lowest BCUT2D eigenvalue weighted by Gasteiger charge is -2.06. The van der Waals surface area contributed by atoms with Gasteiger partial charge in [-0.2, -0.15) is 0 Å². The average molecular weight is 292 g/mol. The number of nitro benzene ring substituents is 1. The first-order chi connectivity index (χ1) is 9.47. The number of carbonyl (C=O) groups is 1. The number of nitro groups is 1. The molecule has 1 amide bonds. The molecular formula is C13H10ClN3O3. The van der Waals surface area contributed by atoms with Crippen molar-refractivity contribution in [1.82, 2.24) is 0 Å². The molecule has 0 radical (unpaired) electrons. The molecule has 6 nitrogen and oxygen atoms in total. The Kier molecular flexibility index (Phi) is 3.86. The zero-order valence-corrected chi connectivity index (χ0v) is 10.9. The lowest BCUT2D eigenvalue weighted by molar-refractivity contribution is -0.383. The summed E-state index contributed by atoms with van der Waals surface area (Å²) >= 11 is 5.74. The Hall–Kier alpha value is -2.60. The van der Waals surface area contributed by atoms with Gasteiger partial charge in [-0.3, -0.25) is 14.9 Å². The SMILES string of the molecule is Nc1cc(C(=O)Nc2ccc(Cl)cc2)ccc1[N+](=O)[O-]. The van der Waals surface area contributed by atoms with E-state index in [1.165, 1.54) is 18.2 Å². The number of rotatable bonds is 3. The van der Waals surface area contributed by atoms with E-state index in [-0.39, 0.29) is 16.9 Å². The number of anilines is 2. The van der Waals surface area contributed by atoms with E-state index in [1.807, 2.05) is 0 Å². The van der Waals surface area contributed by atoms with Gasteiger partial charge in [0.15, 0.2) is 0 Å². The number of amides is 1. The molecule has 0 aliphatic heterocycles. The van der Waals surface area contributed by atoms with Crippen LogP contribution in [0, 0.1) is 10.1 Å². The van der Waals surface area contributed by atoms with Gasteiger partial charge < -0.3 is 11.1 Å². The summed E-state index contributed by atoms with van der Waals surface area (Å²) in [6.07, 6.45) is 0. The largest absolute Gasteiger partial charge is 0.393 e. The third kappa shape index (κ3) is 3.04. The predicted octanol–water partition coefficient (Wildman–Crippen LogP) is 3.08. The second kappa shape index (κ2) is 5.58. The van der Waals surface area contributed by atoms with Crippen LogP contribution in [-0.2, 0) is 0 Å². The second-order valence-corrected chi connectivity index (χ2v) is 4.43. The van der Waals surface area contributed by atoms with Crippen LogP contribution in [-0.4, -0.2) is 10.8 Å². The van der Waals surface area contributed by atoms with E-state index in [9.17, 15) is 14.9 Å². The van der Waals surface area contributed by atoms with Gasteiger partial charge >= 0.3 is 0 Å². The average Bonchev–Trinajstić information content (AvgIpc) is 2.40. The van der Waals surface area contributed by atoms with Gasteiger partial charge in [-0.25, -0.2) is 0 Å². The lowest BCUT2D eigenvalue weighted by atomic mass is 10.1. The molecule has 2 aromatic carbocycles. The maximum Gasteiger partial charge on any atom is 0.292 e. The minimum Gasteiger partial charge on any atom is -0.393 e. The third-order valence-corrected chi connectivity index (χ3v) is 2.84. The summed E-state index contributed by atoms with van der Waals surface area (Å²) in [6, 6.07) is 10.4. The second-order valence-electron chi connectivity index (χ2n) is 3.99. The smallest absolute Gasteiger partial charge is 0.292 e. The standard InChI is InChI=1S/C13H10ClN3O3/c14-9-2-4-10(5-3-9)16-13(18)8-1-6-12(17(19)20)11(15)7-8/h1-7H,15H2,(H,16,18). The van der Waals surface area contributed by atoms with Crippen LogP contribution in [0.15, 0.2) is 42.5 Å². The molecule has 3 N–H and O–H groups in total. The molecule has 0 atom stereocenters. The van der Waals surface area contributed by atoms with Crippen LogP contribution in [0.5, 0.6) is 0 Å². The summed E-state index contributed by atoms with van der Waals surface area (Å²) < 4.78 is 0. The van der Waals surface area contributed by atoms with Crippen LogP contribution in [0.4, 0.5) is 17.1 Å². The molecule has 0 aliphatic rings. The van der Waals surface area contributed by atoms with Crippen LogP contribution in [0.3, 0.4) is 0 Å². The van der Waals surface area contributed by atoms with Crippen LogP contribution in [0.1, 0.15) is 10.4 Å². The molecule has 0 saturated heterocycles. The van der Waals surface area contributed by atoms with Gasteiger partial charge in [-0.05, 0) is 36.4 Å². The van der Waals surface area contributed by atoms with Gasteiger partial charge in [0, 0.05) is 22.3 Å². The van der Waals surface area contributed by atoms with E-state index < -0.39 is 10.8 Å². The Morgan fingerprint density at radius 3 is 2.40 bits per heavy atom. The minimum absolute atomic E-state index is 0.0567. The molecule has 2 aromatic rings. The quantitative estimate of drug-likeness (QED) is 0.516. The minimum atomic E-state index is -0.601. The number of nitrogens with two attached hydrogens (primary N) is 1. The summed E-state index contributed by atoms with van der Waals surface area (Å²) in [4.78, 5) is 22.0. The van der Waals surface area contributed by atoms with Gasteiger partial charge in [0.25, 0.3) is 11.6 Å². The van der Waals surface area contributed by atoms with Crippen LogP contribution >= 0.6 is 11.6 Å². The molecule has 0 heterocycles. The number of benzene rings is 2. The first-order valence-corrected chi connectivity index (χ1v) is 5.96. The number of halogens is 1. The Bertz CT molecular complexity index is 671. The fourth-order valence-corrected chi connectivity index (χ4v) is 1.72. The van der Waals surface area contributed by atoms with Crippen LogP contribution < -0.4 is 11.1 Å². The number of nitrogens with one attached hydrogen (secondary N) is 1. The molecule has 0 aromatic heterocycles.